The molecule has 0 radical (unpaired) electrons. The summed E-state index contributed by atoms with van der Waals surface area (Å²) in [4.78, 5) is 0. The van der Waals surface area contributed by atoms with E-state index in [1.54, 1.807) is 10.9 Å². The Kier molecular flexibility index (Phi) is 4.17. The van der Waals surface area contributed by atoms with E-state index in [4.69, 9.17) is 0 Å². The molecular weight excluding hydrogens is 198 g/mol. The molecule has 1 aliphatic carbocycles. The summed E-state index contributed by atoms with van der Waals surface area (Å²) >= 11 is 0. The van der Waals surface area contributed by atoms with Crippen LogP contribution in [0.25, 0.3) is 6.20 Å². The van der Waals surface area contributed by atoms with Gasteiger partial charge in [-0.15, -0.1) is 0 Å². The number of hydrogen-bond acceptors (Lipinski definition) is 2. The highest BCUT2D eigenvalue weighted by molar-refractivity contribution is 5.17. The Labute approximate surface area is 97.5 Å². The van der Waals surface area contributed by atoms with Crippen LogP contribution in [-0.4, -0.2) is 16.3 Å². The van der Waals surface area contributed by atoms with Crippen molar-refractivity contribution in [3.05, 3.63) is 24.5 Å². The largest absolute Gasteiger partial charge is 0.313 e. The van der Waals surface area contributed by atoms with E-state index in [1.807, 2.05) is 12.4 Å². The maximum absolute atomic E-state index is 4.15. The second-order valence-electron chi connectivity index (χ2n) is 4.63. The molecule has 0 atom stereocenters. The van der Waals surface area contributed by atoms with Crippen LogP contribution < -0.4 is 5.32 Å². The molecule has 1 fully saturated rings. The van der Waals surface area contributed by atoms with Crippen molar-refractivity contribution in [2.45, 2.75) is 38.6 Å². The molecule has 1 saturated carbocycles. The summed E-state index contributed by atoms with van der Waals surface area (Å²) < 4.78 is 1.74. The van der Waals surface area contributed by atoms with Gasteiger partial charge in [0.1, 0.15) is 0 Å². The molecule has 0 saturated heterocycles. The van der Waals surface area contributed by atoms with Gasteiger partial charge in [0.2, 0.25) is 0 Å². The number of nitrogens with zero attached hydrogens (tertiary/aromatic N) is 2. The molecule has 1 aromatic heterocycles. The van der Waals surface area contributed by atoms with Gasteiger partial charge in [-0.3, -0.25) is 0 Å². The summed E-state index contributed by atoms with van der Waals surface area (Å²) in [5, 5.41) is 7.63. The molecule has 3 heteroatoms. The van der Waals surface area contributed by atoms with Gasteiger partial charge in [-0.25, -0.2) is 4.68 Å². The highest BCUT2D eigenvalue weighted by Crippen LogP contribution is 2.26. The van der Waals surface area contributed by atoms with Crippen LogP contribution in [0.1, 0.15) is 37.7 Å². The molecule has 88 valence electrons. The average Bonchev–Trinajstić information content (AvgIpc) is 2.95. The number of hydrogen-bond donors (Lipinski definition) is 1. The molecule has 0 spiro atoms. The highest BCUT2D eigenvalue weighted by atomic mass is 15.2. The lowest BCUT2D eigenvalue weighted by molar-refractivity contribution is 0.477. The first-order chi connectivity index (χ1) is 7.88. The standard InChI is InChI=1S/C13H21N3/c1-2-16-11-13(10-15-16)9-14-8-7-12-5-3-4-6-12/h2,10-12,14H,1,3-9H2. The van der Waals surface area contributed by atoms with Gasteiger partial charge < -0.3 is 5.32 Å². The van der Waals surface area contributed by atoms with Gasteiger partial charge in [0.25, 0.3) is 0 Å². The monoisotopic (exact) mass is 219 g/mol. The zero-order valence-electron chi connectivity index (χ0n) is 9.86. The fourth-order valence-corrected chi connectivity index (χ4v) is 2.41. The predicted molar refractivity (Wildman–Crippen MR) is 66.9 cm³/mol. The SMILES string of the molecule is C=Cn1cc(CNCCC2CCCC2)cn1. The normalized spacial score (nSPS) is 16.8. The average molecular weight is 219 g/mol. The van der Waals surface area contributed by atoms with Crippen molar-refractivity contribution < 1.29 is 0 Å². The summed E-state index contributed by atoms with van der Waals surface area (Å²) in [5.74, 6) is 0.975. The Morgan fingerprint density at radius 3 is 3.00 bits per heavy atom. The molecule has 1 N–H and O–H groups in total. The summed E-state index contributed by atoms with van der Waals surface area (Å²) in [5.41, 5.74) is 1.23. The Bertz CT molecular complexity index is 324. The van der Waals surface area contributed by atoms with E-state index in [-0.39, 0.29) is 0 Å². The molecule has 3 nitrogen and oxygen atoms in total. The summed E-state index contributed by atoms with van der Waals surface area (Å²) in [6.07, 6.45) is 12.7. The number of rotatable bonds is 6. The second-order valence-corrected chi connectivity index (χ2v) is 4.63. The molecule has 0 aliphatic heterocycles. The number of aromatic nitrogens is 2. The van der Waals surface area contributed by atoms with Crippen molar-refractivity contribution in [2.24, 2.45) is 5.92 Å². The van der Waals surface area contributed by atoms with Crippen LogP contribution in [0.5, 0.6) is 0 Å². The van der Waals surface area contributed by atoms with Crippen molar-refractivity contribution in [3.63, 3.8) is 0 Å². The van der Waals surface area contributed by atoms with E-state index in [0.717, 1.165) is 19.0 Å². The summed E-state index contributed by atoms with van der Waals surface area (Å²) in [6, 6.07) is 0. The zero-order chi connectivity index (χ0) is 11.2. The van der Waals surface area contributed by atoms with Gasteiger partial charge >= 0.3 is 0 Å². The molecule has 0 amide bonds. The maximum Gasteiger partial charge on any atom is 0.0538 e. The molecule has 0 unspecified atom stereocenters. The minimum atomic E-state index is 0.917. The molecule has 1 aliphatic rings. The molecule has 0 aromatic carbocycles. The van der Waals surface area contributed by atoms with Gasteiger partial charge in [-0.2, -0.15) is 5.10 Å². The van der Waals surface area contributed by atoms with Gasteiger partial charge in [0.15, 0.2) is 0 Å². The van der Waals surface area contributed by atoms with Crippen LogP contribution in [0.15, 0.2) is 19.0 Å². The topological polar surface area (TPSA) is 29.9 Å². The van der Waals surface area contributed by atoms with Gasteiger partial charge in [0.05, 0.1) is 6.20 Å². The van der Waals surface area contributed by atoms with E-state index in [1.165, 1.54) is 37.7 Å². The fourth-order valence-electron chi connectivity index (χ4n) is 2.41. The third-order valence-electron chi connectivity index (χ3n) is 3.38. The Morgan fingerprint density at radius 2 is 2.31 bits per heavy atom. The fraction of sp³-hybridized carbons (Fsp3) is 0.615. The second kappa shape index (κ2) is 5.85. The summed E-state index contributed by atoms with van der Waals surface area (Å²) in [7, 11) is 0. The van der Waals surface area contributed by atoms with Crippen molar-refractivity contribution in [1.29, 1.82) is 0 Å². The first-order valence-corrected chi connectivity index (χ1v) is 6.25. The minimum Gasteiger partial charge on any atom is -0.313 e. The summed E-state index contributed by atoms with van der Waals surface area (Å²) in [6.45, 7) is 5.72. The number of nitrogens with one attached hydrogen (secondary N) is 1. The molecule has 16 heavy (non-hydrogen) atoms. The lowest BCUT2D eigenvalue weighted by Gasteiger charge is -2.08. The van der Waals surface area contributed by atoms with Crippen LogP contribution in [0.3, 0.4) is 0 Å². The first-order valence-electron chi connectivity index (χ1n) is 6.25. The Hall–Kier alpha value is -1.09. The Balaban J connectivity index is 1.61. The van der Waals surface area contributed by atoms with Gasteiger partial charge in [-0.1, -0.05) is 32.3 Å². The van der Waals surface area contributed by atoms with Crippen molar-refractivity contribution in [2.75, 3.05) is 6.54 Å². The van der Waals surface area contributed by atoms with Crippen LogP contribution in [0.4, 0.5) is 0 Å². The maximum atomic E-state index is 4.15. The smallest absolute Gasteiger partial charge is 0.0538 e. The predicted octanol–water partition coefficient (Wildman–Crippen LogP) is 2.65. The van der Waals surface area contributed by atoms with Crippen molar-refractivity contribution in [3.8, 4) is 0 Å². The van der Waals surface area contributed by atoms with Crippen LogP contribution >= 0.6 is 0 Å². The van der Waals surface area contributed by atoms with Crippen LogP contribution in [0, 0.1) is 5.92 Å². The molecular formula is C13H21N3. The Morgan fingerprint density at radius 1 is 1.50 bits per heavy atom. The van der Waals surface area contributed by atoms with Crippen molar-refractivity contribution in [1.82, 2.24) is 15.1 Å². The van der Waals surface area contributed by atoms with E-state index >= 15 is 0 Å². The quantitative estimate of drug-likeness (QED) is 0.745. The third-order valence-corrected chi connectivity index (χ3v) is 3.38. The van der Waals surface area contributed by atoms with E-state index in [0.29, 0.717) is 0 Å². The van der Waals surface area contributed by atoms with E-state index in [9.17, 15) is 0 Å². The molecule has 1 heterocycles. The highest BCUT2D eigenvalue weighted by Gasteiger charge is 2.13. The first kappa shape index (κ1) is 11.4. The minimum absolute atomic E-state index is 0.917. The van der Waals surface area contributed by atoms with Gasteiger partial charge in [0, 0.05) is 24.5 Å². The molecule has 2 rings (SSSR count). The van der Waals surface area contributed by atoms with E-state index in [2.05, 4.69) is 17.0 Å². The third kappa shape index (κ3) is 3.20. The van der Waals surface area contributed by atoms with Crippen LogP contribution in [0.2, 0.25) is 0 Å². The van der Waals surface area contributed by atoms with Gasteiger partial charge in [-0.05, 0) is 18.9 Å². The van der Waals surface area contributed by atoms with E-state index < -0.39 is 0 Å². The molecule has 1 aromatic rings. The van der Waals surface area contributed by atoms with Crippen LogP contribution in [-0.2, 0) is 6.54 Å². The lowest BCUT2D eigenvalue weighted by Crippen LogP contribution is -2.16. The zero-order valence-corrected chi connectivity index (χ0v) is 9.86. The molecule has 0 bridgehead atoms. The lowest BCUT2D eigenvalue weighted by atomic mass is 10.0. The van der Waals surface area contributed by atoms with Crippen molar-refractivity contribution >= 4 is 6.20 Å².